The van der Waals surface area contributed by atoms with Gasteiger partial charge in [-0.2, -0.15) is 0 Å². The molecule has 3 nitrogen and oxygen atoms in total. The molecule has 3 heteroatoms. The SMILES string of the molecule is CCc1cccc(C)c1NC(=O)CCN1CCCCC1. The van der Waals surface area contributed by atoms with E-state index in [-0.39, 0.29) is 5.91 Å². The van der Waals surface area contributed by atoms with E-state index in [2.05, 4.69) is 42.3 Å². The number of amides is 1. The van der Waals surface area contributed by atoms with Gasteiger partial charge in [0.25, 0.3) is 0 Å². The lowest BCUT2D eigenvalue weighted by Crippen LogP contribution is -2.32. The molecule has 110 valence electrons. The van der Waals surface area contributed by atoms with Gasteiger partial charge in [0.15, 0.2) is 0 Å². The van der Waals surface area contributed by atoms with Crippen LogP contribution in [0.25, 0.3) is 0 Å². The fourth-order valence-electron chi connectivity index (χ4n) is 2.85. The van der Waals surface area contributed by atoms with Crippen LogP contribution in [0, 0.1) is 6.92 Å². The number of piperidine rings is 1. The minimum atomic E-state index is 0.138. The van der Waals surface area contributed by atoms with E-state index in [9.17, 15) is 4.79 Å². The Hall–Kier alpha value is -1.35. The summed E-state index contributed by atoms with van der Waals surface area (Å²) in [5.74, 6) is 0.138. The molecule has 0 atom stereocenters. The van der Waals surface area contributed by atoms with Gasteiger partial charge in [-0.15, -0.1) is 0 Å². The van der Waals surface area contributed by atoms with Gasteiger partial charge in [-0.05, 0) is 50.4 Å². The molecule has 0 radical (unpaired) electrons. The minimum Gasteiger partial charge on any atom is -0.326 e. The monoisotopic (exact) mass is 274 g/mol. The summed E-state index contributed by atoms with van der Waals surface area (Å²) < 4.78 is 0. The molecule has 1 aliphatic rings. The Balaban J connectivity index is 1.88. The molecule has 0 aliphatic carbocycles. The van der Waals surface area contributed by atoms with Crippen molar-refractivity contribution in [2.24, 2.45) is 0 Å². The van der Waals surface area contributed by atoms with Crippen LogP contribution in [0.4, 0.5) is 5.69 Å². The van der Waals surface area contributed by atoms with E-state index in [0.29, 0.717) is 6.42 Å². The molecule has 0 saturated carbocycles. The summed E-state index contributed by atoms with van der Waals surface area (Å²) in [5.41, 5.74) is 3.38. The third kappa shape index (κ3) is 4.07. The topological polar surface area (TPSA) is 32.3 Å². The lowest BCUT2D eigenvalue weighted by molar-refractivity contribution is -0.116. The molecule has 0 unspecified atom stereocenters. The number of hydrogen-bond donors (Lipinski definition) is 1. The minimum absolute atomic E-state index is 0.138. The van der Waals surface area contributed by atoms with Gasteiger partial charge in [0.1, 0.15) is 0 Å². The maximum Gasteiger partial charge on any atom is 0.225 e. The van der Waals surface area contributed by atoms with E-state index in [0.717, 1.165) is 37.3 Å². The van der Waals surface area contributed by atoms with Crippen molar-refractivity contribution in [2.75, 3.05) is 25.0 Å². The molecule has 1 aliphatic heterocycles. The Morgan fingerprint density at radius 1 is 1.25 bits per heavy atom. The number of rotatable bonds is 5. The van der Waals surface area contributed by atoms with Gasteiger partial charge >= 0.3 is 0 Å². The van der Waals surface area contributed by atoms with E-state index in [1.807, 2.05) is 0 Å². The maximum atomic E-state index is 12.1. The van der Waals surface area contributed by atoms with E-state index in [4.69, 9.17) is 0 Å². The number of nitrogens with zero attached hydrogens (tertiary/aromatic N) is 1. The van der Waals surface area contributed by atoms with Crippen LogP contribution >= 0.6 is 0 Å². The van der Waals surface area contributed by atoms with E-state index in [1.54, 1.807) is 0 Å². The number of carbonyl (C=O) groups excluding carboxylic acids is 1. The molecule has 2 rings (SSSR count). The number of para-hydroxylation sites is 1. The molecule has 1 aromatic carbocycles. The van der Waals surface area contributed by atoms with Crippen molar-refractivity contribution in [2.45, 2.75) is 46.0 Å². The zero-order chi connectivity index (χ0) is 14.4. The highest BCUT2D eigenvalue weighted by atomic mass is 16.1. The quantitative estimate of drug-likeness (QED) is 0.893. The van der Waals surface area contributed by atoms with Crippen molar-refractivity contribution < 1.29 is 4.79 Å². The first-order valence-electron chi connectivity index (χ1n) is 7.81. The highest BCUT2D eigenvalue weighted by Gasteiger charge is 2.13. The summed E-state index contributed by atoms with van der Waals surface area (Å²) in [7, 11) is 0. The summed E-state index contributed by atoms with van der Waals surface area (Å²) in [6, 6.07) is 6.20. The molecule has 0 aromatic heterocycles. The normalized spacial score (nSPS) is 16.1. The third-order valence-corrected chi connectivity index (χ3v) is 4.11. The highest BCUT2D eigenvalue weighted by Crippen LogP contribution is 2.21. The molecule has 1 amide bonds. The van der Waals surface area contributed by atoms with E-state index >= 15 is 0 Å². The molecule has 1 saturated heterocycles. The first-order valence-corrected chi connectivity index (χ1v) is 7.81. The summed E-state index contributed by atoms with van der Waals surface area (Å²) in [6.07, 6.45) is 5.44. The van der Waals surface area contributed by atoms with Crippen molar-refractivity contribution in [3.8, 4) is 0 Å². The average molecular weight is 274 g/mol. The van der Waals surface area contributed by atoms with Crippen LogP contribution in [0.1, 0.15) is 43.7 Å². The van der Waals surface area contributed by atoms with Crippen molar-refractivity contribution in [3.05, 3.63) is 29.3 Å². The number of nitrogens with one attached hydrogen (secondary N) is 1. The van der Waals surface area contributed by atoms with Gasteiger partial charge in [0.2, 0.25) is 5.91 Å². The van der Waals surface area contributed by atoms with Crippen LogP contribution in [0.3, 0.4) is 0 Å². The lowest BCUT2D eigenvalue weighted by atomic mass is 10.1. The van der Waals surface area contributed by atoms with Gasteiger partial charge < -0.3 is 10.2 Å². The van der Waals surface area contributed by atoms with E-state index < -0.39 is 0 Å². The lowest BCUT2D eigenvalue weighted by Gasteiger charge is -2.26. The molecule has 1 fully saturated rings. The molecular weight excluding hydrogens is 248 g/mol. The fourth-order valence-corrected chi connectivity index (χ4v) is 2.85. The number of likely N-dealkylation sites (tertiary alicyclic amines) is 1. The van der Waals surface area contributed by atoms with Crippen LogP contribution in [-0.2, 0) is 11.2 Å². The molecule has 1 N–H and O–H groups in total. The number of benzene rings is 1. The second kappa shape index (κ2) is 7.44. The Labute approximate surface area is 122 Å². The van der Waals surface area contributed by atoms with Gasteiger partial charge in [-0.1, -0.05) is 31.5 Å². The standard InChI is InChI=1S/C17H26N2O/c1-3-15-9-7-8-14(2)17(15)18-16(20)10-13-19-11-5-4-6-12-19/h7-9H,3-6,10-13H2,1-2H3,(H,18,20). The summed E-state index contributed by atoms with van der Waals surface area (Å²) in [6.45, 7) is 7.37. The second-order valence-corrected chi connectivity index (χ2v) is 5.66. The molecule has 0 bridgehead atoms. The maximum absolute atomic E-state index is 12.1. The van der Waals surface area contributed by atoms with Crippen LogP contribution in [0.2, 0.25) is 0 Å². The smallest absolute Gasteiger partial charge is 0.225 e. The third-order valence-electron chi connectivity index (χ3n) is 4.11. The highest BCUT2D eigenvalue weighted by molar-refractivity contribution is 5.92. The van der Waals surface area contributed by atoms with E-state index in [1.165, 1.54) is 24.8 Å². The first kappa shape index (κ1) is 15.0. The number of anilines is 1. The van der Waals surface area contributed by atoms with Crippen LogP contribution in [0.15, 0.2) is 18.2 Å². The Morgan fingerprint density at radius 2 is 2.00 bits per heavy atom. The van der Waals surface area contributed by atoms with Crippen LogP contribution in [0.5, 0.6) is 0 Å². The Kier molecular flexibility index (Phi) is 5.60. The molecular formula is C17H26N2O. The van der Waals surface area contributed by atoms with Crippen molar-refractivity contribution in [1.29, 1.82) is 0 Å². The van der Waals surface area contributed by atoms with Crippen molar-refractivity contribution in [3.63, 3.8) is 0 Å². The zero-order valence-electron chi connectivity index (χ0n) is 12.7. The zero-order valence-corrected chi connectivity index (χ0v) is 12.7. The fraction of sp³-hybridized carbons (Fsp3) is 0.588. The summed E-state index contributed by atoms with van der Waals surface area (Å²) in [4.78, 5) is 14.5. The number of carbonyl (C=O) groups is 1. The Bertz CT molecular complexity index is 450. The predicted molar refractivity (Wildman–Crippen MR) is 84.1 cm³/mol. The van der Waals surface area contributed by atoms with Crippen molar-refractivity contribution >= 4 is 11.6 Å². The second-order valence-electron chi connectivity index (χ2n) is 5.66. The summed E-state index contributed by atoms with van der Waals surface area (Å²) in [5, 5.41) is 3.10. The largest absolute Gasteiger partial charge is 0.326 e. The Morgan fingerprint density at radius 3 is 2.70 bits per heavy atom. The summed E-state index contributed by atoms with van der Waals surface area (Å²) >= 11 is 0. The van der Waals surface area contributed by atoms with Crippen LogP contribution in [-0.4, -0.2) is 30.4 Å². The van der Waals surface area contributed by atoms with Crippen molar-refractivity contribution in [1.82, 2.24) is 4.90 Å². The molecule has 20 heavy (non-hydrogen) atoms. The van der Waals surface area contributed by atoms with Gasteiger partial charge in [0, 0.05) is 18.7 Å². The molecule has 1 aromatic rings. The number of aryl methyl sites for hydroxylation is 2. The predicted octanol–water partition coefficient (Wildman–Crippen LogP) is 3.37. The van der Waals surface area contributed by atoms with Gasteiger partial charge in [-0.3, -0.25) is 4.79 Å². The number of hydrogen-bond acceptors (Lipinski definition) is 2. The van der Waals surface area contributed by atoms with Gasteiger partial charge in [-0.25, -0.2) is 0 Å². The molecule has 1 heterocycles. The average Bonchev–Trinajstić information content (AvgIpc) is 2.48. The van der Waals surface area contributed by atoms with Gasteiger partial charge in [0.05, 0.1) is 0 Å². The molecule has 0 spiro atoms. The first-order chi connectivity index (χ1) is 9.70. The van der Waals surface area contributed by atoms with Crippen LogP contribution < -0.4 is 5.32 Å².